The minimum Gasteiger partial charge on any atom is -0.383 e. The zero-order chi connectivity index (χ0) is 10.8. The highest BCUT2D eigenvalue weighted by atomic mass is 35.5. The van der Waals surface area contributed by atoms with Crippen molar-refractivity contribution in [2.75, 3.05) is 11.9 Å². The highest BCUT2D eigenvalue weighted by Crippen LogP contribution is 2.35. The van der Waals surface area contributed by atoms with E-state index in [-0.39, 0.29) is 0 Å². The molecule has 0 saturated heterocycles. The summed E-state index contributed by atoms with van der Waals surface area (Å²) in [6.45, 7) is 0.922. The Balaban J connectivity index is 1.99. The van der Waals surface area contributed by atoms with Crippen LogP contribution in [0.5, 0.6) is 0 Å². The number of nitrogens with one attached hydrogen (secondary N) is 1. The van der Waals surface area contributed by atoms with Gasteiger partial charge >= 0.3 is 0 Å². The third-order valence-corrected chi connectivity index (χ3v) is 3.37. The number of anilines is 1. The van der Waals surface area contributed by atoms with Gasteiger partial charge in [-0.05, 0) is 24.5 Å². The van der Waals surface area contributed by atoms with Crippen LogP contribution >= 0.6 is 34.8 Å². The summed E-state index contributed by atoms with van der Waals surface area (Å²) in [6, 6.07) is 3.41. The lowest BCUT2D eigenvalue weighted by molar-refractivity contribution is 0.760. The predicted molar refractivity (Wildman–Crippen MR) is 67.3 cm³/mol. The number of hydrogen-bond donors (Lipinski definition) is 1. The van der Waals surface area contributed by atoms with Crippen LogP contribution in [0.3, 0.4) is 0 Å². The minimum atomic E-state index is 0.567. The standard InChI is InChI=1S/C11H12Cl3N/c12-8-5-9(13)11(10(14)6-8)15-4-3-7-1-2-7/h5-7,15H,1-4H2. The summed E-state index contributed by atoms with van der Waals surface area (Å²) >= 11 is 17.9. The summed E-state index contributed by atoms with van der Waals surface area (Å²) in [6.07, 6.45) is 3.92. The monoisotopic (exact) mass is 263 g/mol. The van der Waals surface area contributed by atoms with Crippen molar-refractivity contribution in [2.45, 2.75) is 19.3 Å². The maximum atomic E-state index is 6.03. The first kappa shape index (κ1) is 11.4. The van der Waals surface area contributed by atoms with Gasteiger partial charge in [-0.1, -0.05) is 47.6 Å². The van der Waals surface area contributed by atoms with E-state index in [1.54, 1.807) is 12.1 Å². The summed E-state index contributed by atoms with van der Waals surface area (Å²) in [5.74, 6) is 0.905. The molecule has 1 aliphatic rings. The van der Waals surface area contributed by atoms with Gasteiger partial charge in [0, 0.05) is 11.6 Å². The molecule has 1 N–H and O–H groups in total. The molecule has 0 bridgehead atoms. The van der Waals surface area contributed by atoms with Crippen molar-refractivity contribution in [1.82, 2.24) is 0 Å². The molecule has 0 unspecified atom stereocenters. The topological polar surface area (TPSA) is 12.0 Å². The number of halogens is 3. The fourth-order valence-corrected chi connectivity index (χ4v) is 2.47. The molecule has 15 heavy (non-hydrogen) atoms. The van der Waals surface area contributed by atoms with Crippen molar-refractivity contribution in [1.29, 1.82) is 0 Å². The van der Waals surface area contributed by atoms with Crippen LogP contribution in [0.15, 0.2) is 12.1 Å². The molecule has 0 atom stereocenters. The molecule has 4 heteroatoms. The molecule has 0 aliphatic heterocycles. The molecule has 0 heterocycles. The Kier molecular flexibility index (Phi) is 3.65. The van der Waals surface area contributed by atoms with Crippen molar-refractivity contribution in [2.24, 2.45) is 5.92 Å². The second-order valence-corrected chi connectivity index (χ2v) is 5.15. The Morgan fingerprint density at radius 2 is 1.73 bits per heavy atom. The van der Waals surface area contributed by atoms with Crippen molar-refractivity contribution in [3.63, 3.8) is 0 Å². The Hall–Kier alpha value is -0.110. The molecule has 82 valence electrons. The third kappa shape index (κ3) is 3.17. The molecule has 1 saturated carbocycles. The molecule has 0 spiro atoms. The lowest BCUT2D eigenvalue weighted by Crippen LogP contribution is -2.03. The molecule has 1 aromatic rings. The van der Waals surface area contributed by atoms with Gasteiger partial charge in [-0.25, -0.2) is 0 Å². The van der Waals surface area contributed by atoms with Crippen molar-refractivity contribution >= 4 is 40.5 Å². The molecule has 2 rings (SSSR count). The number of hydrogen-bond acceptors (Lipinski definition) is 1. The highest BCUT2D eigenvalue weighted by Gasteiger charge is 2.20. The zero-order valence-electron chi connectivity index (χ0n) is 8.19. The average Bonchev–Trinajstić information content (AvgIpc) is 2.93. The SMILES string of the molecule is Clc1cc(Cl)c(NCCC2CC2)c(Cl)c1. The van der Waals surface area contributed by atoms with Crippen LogP contribution < -0.4 is 5.32 Å². The number of benzene rings is 1. The lowest BCUT2D eigenvalue weighted by Gasteiger charge is -2.10. The minimum absolute atomic E-state index is 0.567. The van der Waals surface area contributed by atoms with Crippen molar-refractivity contribution in [3.05, 3.63) is 27.2 Å². The van der Waals surface area contributed by atoms with Crippen LogP contribution in [0.4, 0.5) is 5.69 Å². The smallest absolute Gasteiger partial charge is 0.0720 e. The molecule has 0 amide bonds. The van der Waals surface area contributed by atoms with E-state index in [0.717, 1.165) is 18.2 Å². The van der Waals surface area contributed by atoms with Gasteiger partial charge in [0.05, 0.1) is 15.7 Å². The first-order valence-corrected chi connectivity index (χ1v) is 6.18. The molecular weight excluding hydrogens is 252 g/mol. The molecule has 0 radical (unpaired) electrons. The van der Waals surface area contributed by atoms with E-state index in [9.17, 15) is 0 Å². The predicted octanol–water partition coefficient (Wildman–Crippen LogP) is 4.86. The largest absolute Gasteiger partial charge is 0.383 e. The maximum Gasteiger partial charge on any atom is 0.0720 e. The molecule has 1 nitrogen and oxygen atoms in total. The quantitative estimate of drug-likeness (QED) is 0.819. The fraction of sp³-hybridized carbons (Fsp3) is 0.455. The molecule has 0 aromatic heterocycles. The Morgan fingerprint density at radius 1 is 1.13 bits per heavy atom. The van der Waals surface area contributed by atoms with Gasteiger partial charge in [0.1, 0.15) is 0 Å². The average molecular weight is 265 g/mol. The van der Waals surface area contributed by atoms with Crippen molar-refractivity contribution in [3.8, 4) is 0 Å². The van der Waals surface area contributed by atoms with E-state index in [4.69, 9.17) is 34.8 Å². The van der Waals surface area contributed by atoms with Gasteiger partial charge in [0.2, 0.25) is 0 Å². The van der Waals surface area contributed by atoms with Gasteiger partial charge in [-0.3, -0.25) is 0 Å². The first-order chi connectivity index (χ1) is 7.16. The second kappa shape index (κ2) is 4.82. The van der Waals surface area contributed by atoms with E-state index in [0.29, 0.717) is 15.1 Å². The summed E-state index contributed by atoms with van der Waals surface area (Å²) in [5.41, 5.74) is 0.795. The highest BCUT2D eigenvalue weighted by molar-refractivity contribution is 6.41. The van der Waals surface area contributed by atoms with Crippen LogP contribution in [0, 0.1) is 5.92 Å². The van der Waals surface area contributed by atoms with Crippen LogP contribution in [0.2, 0.25) is 15.1 Å². The molecular formula is C11H12Cl3N. The summed E-state index contributed by atoms with van der Waals surface area (Å²) in [4.78, 5) is 0. The van der Waals surface area contributed by atoms with E-state index in [1.807, 2.05) is 0 Å². The molecule has 1 aromatic carbocycles. The van der Waals surface area contributed by atoms with Crippen LogP contribution in [-0.4, -0.2) is 6.54 Å². The Labute approximate surface area is 105 Å². The normalized spacial score (nSPS) is 15.4. The Bertz CT molecular complexity index is 338. The van der Waals surface area contributed by atoms with Gasteiger partial charge in [0.25, 0.3) is 0 Å². The van der Waals surface area contributed by atoms with E-state index >= 15 is 0 Å². The summed E-state index contributed by atoms with van der Waals surface area (Å²) < 4.78 is 0. The lowest BCUT2D eigenvalue weighted by atomic mass is 10.2. The van der Waals surface area contributed by atoms with Gasteiger partial charge in [-0.15, -0.1) is 0 Å². The van der Waals surface area contributed by atoms with Gasteiger partial charge < -0.3 is 5.32 Å². The second-order valence-electron chi connectivity index (χ2n) is 3.90. The number of rotatable bonds is 4. The summed E-state index contributed by atoms with van der Waals surface area (Å²) in [7, 11) is 0. The van der Waals surface area contributed by atoms with Crippen LogP contribution in [-0.2, 0) is 0 Å². The van der Waals surface area contributed by atoms with Gasteiger partial charge in [0.15, 0.2) is 0 Å². The van der Waals surface area contributed by atoms with E-state index in [1.165, 1.54) is 19.3 Å². The fourth-order valence-electron chi connectivity index (χ4n) is 1.52. The van der Waals surface area contributed by atoms with E-state index < -0.39 is 0 Å². The van der Waals surface area contributed by atoms with Gasteiger partial charge in [-0.2, -0.15) is 0 Å². The van der Waals surface area contributed by atoms with Crippen molar-refractivity contribution < 1.29 is 0 Å². The Morgan fingerprint density at radius 3 is 2.27 bits per heavy atom. The van der Waals surface area contributed by atoms with Crippen LogP contribution in [0.1, 0.15) is 19.3 Å². The third-order valence-electron chi connectivity index (χ3n) is 2.56. The summed E-state index contributed by atoms with van der Waals surface area (Å²) in [5, 5.41) is 5.00. The first-order valence-electron chi connectivity index (χ1n) is 5.05. The van der Waals surface area contributed by atoms with E-state index in [2.05, 4.69) is 5.32 Å². The maximum absolute atomic E-state index is 6.03. The zero-order valence-corrected chi connectivity index (χ0v) is 10.5. The molecule has 1 fully saturated rings. The molecule has 1 aliphatic carbocycles. The van der Waals surface area contributed by atoms with Crippen LogP contribution in [0.25, 0.3) is 0 Å².